The fraction of sp³-hybridized carbons (Fsp3) is 0.412. The van der Waals surface area contributed by atoms with Crippen LogP contribution in [0, 0.1) is 0 Å². The Morgan fingerprint density at radius 1 is 1.39 bits per heavy atom. The minimum Gasteiger partial charge on any atom is -0.497 e. The van der Waals surface area contributed by atoms with Crippen LogP contribution in [-0.4, -0.2) is 46.4 Å². The quantitative estimate of drug-likeness (QED) is 0.886. The summed E-state index contributed by atoms with van der Waals surface area (Å²) < 4.78 is 5.22. The first-order chi connectivity index (χ1) is 11.2. The van der Waals surface area contributed by atoms with Gasteiger partial charge in [0.1, 0.15) is 11.8 Å². The molecule has 1 atom stereocenters. The van der Waals surface area contributed by atoms with Crippen LogP contribution in [0.3, 0.4) is 0 Å². The molecule has 0 aliphatic carbocycles. The third kappa shape index (κ3) is 3.37. The maximum absolute atomic E-state index is 11.8. The van der Waals surface area contributed by atoms with Gasteiger partial charge in [-0.25, -0.2) is 0 Å². The summed E-state index contributed by atoms with van der Waals surface area (Å²) in [6, 6.07) is 8.68. The topological polar surface area (TPSA) is 78.5 Å². The zero-order valence-electron chi connectivity index (χ0n) is 13.1. The molecule has 2 heterocycles. The van der Waals surface area contributed by atoms with Crippen molar-refractivity contribution in [3.8, 4) is 5.75 Å². The van der Waals surface area contributed by atoms with E-state index in [2.05, 4.69) is 10.2 Å². The van der Waals surface area contributed by atoms with Crippen molar-refractivity contribution in [1.29, 1.82) is 0 Å². The van der Waals surface area contributed by atoms with E-state index in [0.717, 1.165) is 37.2 Å². The normalized spacial score (nSPS) is 17.8. The number of methoxy groups -OCH3 is 1. The van der Waals surface area contributed by atoms with E-state index in [-0.39, 0.29) is 0 Å². The Morgan fingerprint density at radius 3 is 2.78 bits per heavy atom. The van der Waals surface area contributed by atoms with Gasteiger partial charge in [-0.15, -0.1) is 0 Å². The lowest BCUT2D eigenvalue weighted by molar-refractivity contribution is -0.144. The number of carboxylic acids is 1. The van der Waals surface area contributed by atoms with E-state index >= 15 is 0 Å². The summed E-state index contributed by atoms with van der Waals surface area (Å²) in [7, 11) is 1.59. The van der Waals surface area contributed by atoms with E-state index < -0.39 is 12.0 Å². The number of likely N-dealkylation sites (tertiary alicyclic amines) is 1. The van der Waals surface area contributed by atoms with Crippen molar-refractivity contribution in [1.82, 2.24) is 15.1 Å². The molecule has 3 rings (SSSR count). The number of H-pyrrole nitrogens is 1. The predicted octanol–water partition coefficient (Wildman–Crippen LogP) is 2.42. The number of carbonyl (C=O) groups is 1. The van der Waals surface area contributed by atoms with E-state index in [1.807, 2.05) is 29.2 Å². The van der Waals surface area contributed by atoms with Crippen LogP contribution in [0.15, 0.2) is 36.5 Å². The van der Waals surface area contributed by atoms with Crippen LogP contribution >= 0.6 is 0 Å². The van der Waals surface area contributed by atoms with Crippen molar-refractivity contribution in [3.05, 3.63) is 47.8 Å². The number of aromatic nitrogens is 2. The molecule has 0 spiro atoms. The molecular formula is C17H21N3O3. The highest BCUT2D eigenvalue weighted by molar-refractivity contribution is 5.75. The maximum atomic E-state index is 11.8. The van der Waals surface area contributed by atoms with Crippen molar-refractivity contribution >= 4 is 5.97 Å². The van der Waals surface area contributed by atoms with Gasteiger partial charge in [-0.3, -0.25) is 14.8 Å². The predicted molar refractivity (Wildman–Crippen MR) is 85.5 cm³/mol. The highest BCUT2D eigenvalue weighted by Crippen LogP contribution is 2.32. The van der Waals surface area contributed by atoms with Crippen LogP contribution in [-0.2, 0) is 4.79 Å². The first-order valence-electron chi connectivity index (χ1n) is 7.79. The van der Waals surface area contributed by atoms with Crippen LogP contribution in [0.4, 0.5) is 0 Å². The number of ether oxygens (including phenoxy) is 1. The zero-order chi connectivity index (χ0) is 16.2. The van der Waals surface area contributed by atoms with Crippen LogP contribution in [0.5, 0.6) is 5.75 Å². The minimum absolute atomic E-state index is 0.425. The molecule has 2 N–H and O–H groups in total. The minimum atomic E-state index is -0.821. The van der Waals surface area contributed by atoms with Gasteiger partial charge in [0.2, 0.25) is 0 Å². The molecule has 6 heteroatoms. The number of carboxylic acid groups (broad SMARTS) is 1. The molecule has 1 saturated heterocycles. The lowest BCUT2D eigenvalue weighted by Gasteiger charge is -2.35. The fourth-order valence-electron chi connectivity index (χ4n) is 3.28. The van der Waals surface area contributed by atoms with Gasteiger partial charge in [-0.05, 0) is 49.7 Å². The van der Waals surface area contributed by atoms with Gasteiger partial charge >= 0.3 is 5.97 Å². The largest absolute Gasteiger partial charge is 0.497 e. The molecular weight excluding hydrogens is 294 g/mol. The third-order valence-electron chi connectivity index (χ3n) is 4.50. The summed E-state index contributed by atoms with van der Waals surface area (Å²) in [5, 5.41) is 16.7. The molecule has 0 amide bonds. The second-order valence-electron chi connectivity index (χ2n) is 5.84. The first-order valence-corrected chi connectivity index (χ1v) is 7.79. The standard InChI is InChI=1S/C17H21N3O3/c1-23-14-4-2-3-13(11-14)16(17(21)22)20-9-6-12(7-10-20)15-5-8-18-19-15/h2-5,8,11-12,16H,6-7,9-10H2,1H3,(H,18,19)(H,21,22). The molecule has 0 radical (unpaired) electrons. The molecule has 1 aromatic heterocycles. The molecule has 2 aromatic rings. The Morgan fingerprint density at radius 2 is 2.17 bits per heavy atom. The number of hydrogen-bond acceptors (Lipinski definition) is 4. The number of aliphatic carboxylic acids is 1. The van der Waals surface area contributed by atoms with E-state index in [1.54, 1.807) is 19.4 Å². The van der Waals surface area contributed by atoms with Gasteiger partial charge in [-0.2, -0.15) is 5.10 Å². The van der Waals surface area contributed by atoms with Crippen LogP contribution in [0.2, 0.25) is 0 Å². The maximum Gasteiger partial charge on any atom is 0.325 e. The van der Waals surface area contributed by atoms with Crippen LogP contribution in [0.25, 0.3) is 0 Å². The molecule has 0 saturated carbocycles. The summed E-state index contributed by atoms with van der Waals surface area (Å²) in [6.45, 7) is 1.50. The number of nitrogens with one attached hydrogen (secondary N) is 1. The van der Waals surface area contributed by atoms with Crippen molar-refractivity contribution in [2.75, 3.05) is 20.2 Å². The Hall–Kier alpha value is -2.34. The number of benzene rings is 1. The van der Waals surface area contributed by atoms with Crippen molar-refractivity contribution < 1.29 is 14.6 Å². The molecule has 1 aliphatic heterocycles. The summed E-state index contributed by atoms with van der Waals surface area (Å²) >= 11 is 0. The smallest absolute Gasteiger partial charge is 0.325 e. The fourth-order valence-corrected chi connectivity index (χ4v) is 3.28. The average molecular weight is 315 g/mol. The van der Waals surface area contributed by atoms with E-state index in [0.29, 0.717) is 11.7 Å². The number of hydrogen-bond donors (Lipinski definition) is 2. The SMILES string of the molecule is COc1cccc(C(C(=O)O)N2CCC(c3ccn[nH]3)CC2)c1. The zero-order valence-corrected chi connectivity index (χ0v) is 13.1. The summed E-state index contributed by atoms with van der Waals surface area (Å²) in [5.41, 5.74) is 1.90. The van der Waals surface area contributed by atoms with Crippen LogP contribution in [0.1, 0.15) is 36.1 Å². The number of nitrogens with zero attached hydrogens (tertiary/aromatic N) is 2. The number of piperidine rings is 1. The van der Waals surface area contributed by atoms with Gasteiger partial charge in [-0.1, -0.05) is 12.1 Å². The van der Waals surface area contributed by atoms with Crippen LogP contribution < -0.4 is 4.74 Å². The van der Waals surface area contributed by atoms with Crippen molar-refractivity contribution in [3.63, 3.8) is 0 Å². The second-order valence-corrected chi connectivity index (χ2v) is 5.84. The van der Waals surface area contributed by atoms with Crippen molar-refractivity contribution in [2.24, 2.45) is 0 Å². The Kier molecular flexibility index (Phi) is 4.62. The Bertz CT molecular complexity index is 649. The number of aromatic amines is 1. The molecule has 122 valence electrons. The highest BCUT2D eigenvalue weighted by atomic mass is 16.5. The van der Waals surface area contributed by atoms with E-state index in [1.165, 1.54) is 0 Å². The molecule has 6 nitrogen and oxygen atoms in total. The van der Waals surface area contributed by atoms with Gasteiger partial charge in [0, 0.05) is 17.8 Å². The Balaban J connectivity index is 1.74. The lowest BCUT2D eigenvalue weighted by atomic mass is 9.91. The summed E-state index contributed by atoms with van der Waals surface area (Å²) in [4.78, 5) is 13.8. The molecule has 1 fully saturated rings. The molecule has 1 unspecified atom stereocenters. The summed E-state index contributed by atoms with van der Waals surface area (Å²) in [6.07, 6.45) is 3.61. The lowest BCUT2D eigenvalue weighted by Crippen LogP contribution is -2.39. The second kappa shape index (κ2) is 6.83. The monoisotopic (exact) mass is 315 g/mol. The Labute approximate surface area is 135 Å². The summed E-state index contributed by atoms with van der Waals surface area (Å²) in [5.74, 6) is 0.285. The van der Waals surface area contributed by atoms with E-state index in [9.17, 15) is 9.90 Å². The molecule has 0 bridgehead atoms. The van der Waals surface area contributed by atoms with Gasteiger partial charge in [0.15, 0.2) is 0 Å². The van der Waals surface area contributed by atoms with Crippen molar-refractivity contribution in [2.45, 2.75) is 24.8 Å². The molecule has 23 heavy (non-hydrogen) atoms. The molecule has 1 aromatic carbocycles. The average Bonchev–Trinajstić information content (AvgIpc) is 3.10. The highest BCUT2D eigenvalue weighted by Gasteiger charge is 2.31. The third-order valence-corrected chi connectivity index (χ3v) is 4.50. The molecule has 1 aliphatic rings. The van der Waals surface area contributed by atoms with Gasteiger partial charge in [0.05, 0.1) is 7.11 Å². The van der Waals surface area contributed by atoms with Gasteiger partial charge < -0.3 is 9.84 Å². The number of rotatable bonds is 5. The first kappa shape index (κ1) is 15.6. The van der Waals surface area contributed by atoms with E-state index in [4.69, 9.17) is 4.74 Å². The van der Waals surface area contributed by atoms with Gasteiger partial charge in [0.25, 0.3) is 0 Å².